The molecule has 4 heteroatoms. The van der Waals surface area contributed by atoms with Crippen molar-refractivity contribution in [1.29, 1.82) is 0 Å². The highest BCUT2D eigenvalue weighted by atomic mass is 16.5. The number of ether oxygens (including phenoxy) is 3. The second kappa shape index (κ2) is 7.11. The van der Waals surface area contributed by atoms with E-state index < -0.39 is 0 Å². The van der Waals surface area contributed by atoms with Crippen molar-refractivity contribution in [3.05, 3.63) is 17.7 Å². The zero-order chi connectivity index (χ0) is 13.5. The van der Waals surface area contributed by atoms with Crippen molar-refractivity contribution < 1.29 is 14.2 Å². The van der Waals surface area contributed by atoms with Crippen LogP contribution >= 0.6 is 0 Å². The smallest absolute Gasteiger partial charge is 0.129 e. The fourth-order valence-electron chi connectivity index (χ4n) is 2.01. The molecule has 102 valence electrons. The van der Waals surface area contributed by atoms with Gasteiger partial charge in [0.25, 0.3) is 0 Å². The van der Waals surface area contributed by atoms with Gasteiger partial charge in [0, 0.05) is 17.7 Å². The van der Waals surface area contributed by atoms with E-state index in [1.807, 2.05) is 12.1 Å². The number of nitrogens with two attached hydrogens (primary N) is 1. The predicted octanol–water partition coefficient (Wildman–Crippen LogP) is 2.24. The normalized spacial score (nSPS) is 12.1. The van der Waals surface area contributed by atoms with E-state index in [1.54, 1.807) is 21.3 Å². The highest BCUT2D eigenvalue weighted by Crippen LogP contribution is 2.35. The van der Waals surface area contributed by atoms with Crippen LogP contribution in [0, 0.1) is 5.92 Å². The predicted molar refractivity (Wildman–Crippen MR) is 72.6 cm³/mol. The third-order valence-corrected chi connectivity index (χ3v) is 3.03. The molecule has 4 nitrogen and oxygen atoms in total. The van der Waals surface area contributed by atoms with Crippen molar-refractivity contribution in [2.24, 2.45) is 11.7 Å². The molecule has 0 fully saturated rings. The van der Waals surface area contributed by atoms with Crippen LogP contribution < -0.4 is 19.9 Å². The molecule has 0 radical (unpaired) electrons. The molecule has 1 aromatic rings. The summed E-state index contributed by atoms with van der Waals surface area (Å²) in [5.74, 6) is 2.83. The SMILES string of the molecule is COc1cc(OC)c(CC(C)CCN)c(OC)c1. The average molecular weight is 253 g/mol. The van der Waals surface area contributed by atoms with E-state index in [0.717, 1.165) is 35.7 Å². The molecule has 0 amide bonds. The summed E-state index contributed by atoms with van der Waals surface area (Å²) in [7, 11) is 4.95. The summed E-state index contributed by atoms with van der Waals surface area (Å²) in [5.41, 5.74) is 6.66. The lowest BCUT2D eigenvalue weighted by molar-refractivity contribution is 0.363. The summed E-state index contributed by atoms with van der Waals surface area (Å²) >= 11 is 0. The van der Waals surface area contributed by atoms with Gasteiger partial charge in [-0.25, -0.2) is 0 Å². The Labute approximate surface area is 109 Å². The van der Waals surface area contributed by atoms with E-state index in [1.165, 1.54) is 0 Å². The molecule has 1 atom stereocenters. The molecule has 2 N–H and O–H groups in total. The molecule has 0 spiro atoms. The van der Waals surface area contributed by atoms with Gasteiger partial charge in [0.05, 0.1) is 21.3 Å². The topological polar surface area (TPSA) is 53.7 Å². The maximum absolute atomic E-state index is 5.59. The molecule has 0 saturated heterocycles. The standard InChI is InChI=1S/C14H23NO3/c1-10(5-6-15)7-12-13(17-3)8-11(16-2)9-14(12)18-4/h8-10H,5-7,15H2,1-4H3. The van der Waals surface area contributed by atoms with Crippen molar-refractivity contribution in [2.75, 3.05) is 27.9 Å². The Bertz CT molecular complexity index is 354. The first-order chi connectivity index (χ1) is 8.65. The van der Waals surface area contributed by atoms with Gasteiger partial charge in [-0.05, 0) is 25.3 Å². The number of methoxy groups -OCH3 is 3. The van der Waals surface area contributed by atoms with Gasteiger partial charge in [0.15, 0.2) is 0 Å². The molecule has 0 saturated carbocycles. The lowest BCUT2D eigenvalue weighted by atomic mass is 9.96. The van der Waals surface area contributed by atoms with Gasteiger partial charge in [0.1, 0.15) is 17.2 Å². The molecule has 1 aromatic carbocycles. The molecule has 0 heterocycles. The summed E-state index contributed by atoms with van der Waals surface area (Å²) in [6.45, 7) is 2.87. The van der Waals surface area contributed by atoms with Crippen molar-refractivity contribution in [2.45, 2.75) is 19.8 Å². The highest BCUT2D eigenvalue weighted by Gasteiger charge is 2.15. The summed E-state index contributed by atoms with van der Waals surface area (Å²) in [5, 5.41) is 0. The summed E-state index contributed by atoms with van der Waals surface area (Å²) in [6, 6.07) is 3.76. The van der Waals surface area contributed by atoms with Crippen molar-refractivity contribution in [3.63, 3.8) is 0 Å². The zero-order valence-electron chi connectivity index (χ0n) is 11.7. The van der Waals surface area contributed by atoms with E-state index in [-0.39, 0.29) is 0 Å². The van der Waals surface area contributed by atoms with Crippen molar-refractivity contribution in [3.8, 4) is 17.2 Å². The third kappa shape index (κ3) is 3.53. The lowest BCUT2D eigenvalue weighted by Crippen LogP contribution is -2.09. The van der Waals surface area contributed by atoms with E-state index in [9.17, 15) is 0 Å². The van der Waals surface area contributed by atoms with Gasteiger partial charge in [-0.3, -0.25) is 0 Å². The minimum absolute atomic E-state index is 0.492. The van der Waals surface area contributed by atoms with Crippen LogP contribution in [0.3, 0.4) is 0 Å². The minimum Gasteiger partial charge on any atom is -0.496 e. The quantitative estimate of drug-likeness (QED) is 0.809. The van der Waals surface area contributed by atoms with Crippen LogP contribution in [0.15, 0.2) is 12.1 Å². The number of hydrogen-bond acceptors (Lipinski definition) is 4. The Morgan fingerprint density at radius 2 is 1.61 bits per heavy atom. The largest absolute Gasteiger partial charge is 0.496 e. The Balaban J connectivity index is 3.06. The number of hydrogen-bond donors (Lipinski definition) is 1. The third-order valence-electron chi connectivity index (χ3n) is 3.03. The first kappa shape index (κ1) is 14.6. The Hall–Kier alpha value is -1.42. The highest BCUT2D eigenvalue weighted by molar-refractivity contribution is 5.50. The maximum atomic E-state index is 5.59. The van der Waals surface area contributed by atoms with Gasteiger partial charge < -0.3 is 19.9 Å². The van der Waals surface area contributed by atoms with Crippen LogP contribution in [0.4, 0.5) is 0 Å². The van der Waals surface area contributed by atoms with Crippen molar-refractivity contribution >= 4 is 0 Å². The van der Waals surface area contributed by atoms with E-state index in [0.29, 0.717) is 12.5 Å². The second-order valence-electron chi connectivity index (χ2n) is 4.40. The van der Waals surface area contributed by atoms with E-state index >= 15 is 0 Å². The number of rotatable bonds is 7. The van der Waals surface area contributed by atoms with E-state index in [4.69, 9.17) is 19.9 Å². The maximum Gasteiger partial charge on any atom is 0.129 e. The molecule has 0 aromatic heterocycles. The van der Waals surface area contributed by atoms with Crippen LogP contribution in [-0.2, 0) is 6.42 Å². The zero-order valence-corrected chi connectivity index (χ0v) is 11.7. The molecule has 1 rings (SSSR count). The molecule has 0 aliphatic rings. The van der Waals surface area contributed by atoms with Crippen LogP contribution in [0.5, 0.6) is 17.2 Å². The van der Waals surface area contributed by atoms with E-state index in [2.05, 4.69) is 6.92 Å². The van der Waals surface area contributed by atoms with Crippen LogP contribution in [0.2, 0.25) is 0 Å². The molecule has 1 unspecified atom stereocenters. The number of benzene rings is 1. The van der Waals surface area contributed by atoms with Gasteiger partial charge in [-0.2, -0.15) is 0 Å². The molecule has 0 bridgehead atoms. The molecule has 18 heavy (non-hydrogen) atoms. The van der Waals surface area contributed by atoms with Gasteiger partial charge >= 0.3 is 0 Å². The van der Waals surface area contributed by atoms with Gasteiger partial charge in [0.2, 0.25) is 0 Å². The molecule has 0 aliphatic heterocycles. The monoisotopic (exact) mass is 253 g/mol. The summed E-state index contributed by atoms with van der Waals surface area (Å²) in [4.78, 5) is 0. The Morgan fingerprint density at radius 1 is 1.06 bits per heavy atom. The summed E-state index contributed by atoms with van der Waals surface area (Å²) < 4.78 is 16.1. The Kier molecular flexibility index (Phi) is 5.78. The minimum atomic E-state index is 0.492. The molecular formula is C14H23NO3. The van der Waals surface area contributed by atoms with Gasteiger partial charge in [-0.1, -0.05) is 6.92 Å². The summed E-state index contributed by atoms with van der Waals surface area (Å²) in [6.07, 6.45) is 1.87. The Morgan fingerprint density at radius 3 is 2.00 bits per heavy atom. The van der Waals surface area contributed by atoms with Crippen LogP contribution in [0.1, 0.15) is 18.9 Å². The van der Waals surface area contributed by atoms with Crippen LogP contribution in [0.25, 0.3) is 0 Å². The fourth-order valence-corrected chi connectivity index (χ4v) is 2.01. The van der Waals surface area contributed by atoms with Gasteiger partial charge in [-0.15, -0.1) is 0 Å². The molecular weight excluding hydrogens is 230 g/mol. The fraction of sp³-hybridized carbons (Fsp3) is 0.571. The second-order valence-corrected chi connectivity index (χ2v) is 4.40. The lowest BCUT2D eigenvalue weighted by Gasteiger charge is -2.17. The first-order valence-electron chi connectivity index (χ1n) is 6.15. The van der Waals surface area contributed by atoms with Crippen LogP contribution in [-0.4, -0.2) is 27.9 Å². The van der Waals surface area contributed by atoms with Crippen molar-refractivity contribution in [1.82, 2.24) is 0 Å². The molecule has 0 aliphatic carbocycles. The average Bonchev–Trinajstić information content (AvgIpc) is 2.39. The first-order valence-corrected chi connectivity index (χ1v) is 6.15.